The summed E-state index contributed by atoms with van der Waals surface area (Å²) in [5.74, 6) is 2.04. The summed E-state index contributed by atoms with van der Waals surface area (Å²) in [6.07, 6.45) is 2.06. The molecule has 0 N–H and O–H groups in total. The SMILES string of the molecule is CSc1ccc(C2SCC(=O)N2c2ccc3c(c2)OCO3)cc1. The number of carbonyl (C=O) groups is 1. The molecule has 0 saturated carbocycles. The van der Waals surface area contributed by atoms with Crippen molar-refractivity contribution in [3.8, 4) is 11.5 Å². The summed E-state index contributed by atoms with van der Waals surface area (Å²) in [7, 11) is 0. The van der Waals surface area contributed by atoms with Crippen LogP contribution < -0.4 is 14.4 Å². The minimum Gasteiger partial charge on any atom is -0.454 e. The van der Waals surface area contributed by atoms with Crippen LogP contribution in [-0.4, -0.2) is 24.7 Å². The van der Waals surface area contributed by atoms with E-state index in [1.807, 2.05) is 23.1 Å². The number of ether oxygens (including phenoxy) is 2. The lowest BCUT2D eigenvalue weighted by Crippen LogP contribution is -2.27. The molecule has 1 atom stereocenters. The van der Waals surface area contributed by atoms with Crippen LogP contribution in [0.3, 0.4) is 0 Å². The topological polar surface area (TPSA) is 38.8 Å². The zero-order chi connectivity index (χ0) is 15.8. The highest BCUT2D eigenvalue weighted by Crippen LogP contribution is 2.44. The highest BCUT2D eigenvalue weighted by molar-refractivity contribution is 8.00. The third kappa shape index (κ3) is 2.66. The molecule has 0 aliphatic carbocycles. The summed E-state index contributed by atoms with van der Waals surface area (Å²) in [6, 6.07) is 14.1. The molecular formula is C17H15NO3S2. The van der Waals surface area contributed by atoms with Crippen molar-refractivity contribution in [3.63, 3.8) is 0 Å². The average molecular weight is 345 g/mol. The highest BCUT2D eigenvalue weighted by atomic mass is 32.2. The molecule has 1 unspecified atom stereocenters. The van der Waals surface area contributed by atoms with Crippen molar-refractivity contribution in [2.45, 2.75) is 10.3 Å². The molecular weight excluding hydrogens is 330 g/mol. The summed E-state index contributed by atoms with van der Waals surface area (Å²) in [6.45, 7) is 0.237. The molecule has 2 aliphatic heterocycles. The van der Waals surface area contributed by atoms with E-state index in [-0.39, 0.29) is 18.1 Å². The maximum atomic E-state index is 12.4. The Bertz CT molecular complexity index is 748. The third-order valence-electron chi connectivity index (χ3n) is 3.90. The van der Waals surface area contributed by atoms with Gasteiger partial charge in [0.15, 0.2) is 11.5 Å². The fourth-order valence-corrected chi connectivity index (χ4v) is 4.34. The monoisotopic (exact) mass is 345 g/mol. The number of fused-ring (bicyclic) bond motifs is 1. The van der Waals surface area contributed by atoms with E-state index < -0.39 is 0 Å². The first-order valence-electron chi connectivity index (χ1n) is 7.23. The van der Waals surface area contributed by atoms with Gasteiger partial charge in [0.05, 0.1) is 5.75 Å². The van der Waals surface area contributed by atoms with Gasteiger partial charge in [-0.25, -0.2) is 0 Å². The van der Waals surface area contributed by atoms with Gasteiger partial charge >= 0.3 is 0 Å². The van der Waals surface area contributed by atoms with Crippen molar-refractivity contribution in [1.82, 2.24) is 0 Å². The van der Waals surface area contributed by atoms with Gasteiger partial charge in [0, 0.05) is 16.6 Å². The van der Waals surface area contributed by atoms with Gasteiger partial charge in [-0.05, 0) is 36.1 Å². The first-order valence-corrected chi connectivity index (χ1v) is 9.51. The van der Waals surface area contributed by atoms with Crippen molar-refractivity contribution in [2.75, 3.05) is 23.7 Å². The number of hydrogen-bond donors (Lipinski definition) is 0. The Morgan fingerprint density at radius 2 is 1.91 bits per heavy atom. The lowest BCUT2D eigenvalue weighted by molar-refractivity contribution is -0.115. The molecule has 4 rings (SSSR count). The van der Waals surface area contributed by atoms with E-state index in [1.165, 1.54) is 4.90 Å². The van der Waals surface area contributed by atoms with Gasteiger partial charge in [0.1, 0.15) is 5.37 Å². The lowest BCUT2D eigenvalue weighted by atomic mass is 10.2. The summed E-state index contributed by atoms with van der Waals surface area (Å²) in [5, 5.41) is -0.00113. The molecule has 0 aromatic heterocycles. The predicted molar refractivity (Wildman–Crippen MR) is 93.5 cm³/mol. The van der Waals surface area contributed by atoms with E-state index in [0.717, 1.165) is 17.0 Å². The maximum Gasteiger partial charge on any atom is 0.238 e. The zero-order valence-corrected chi connectivity index (χ0v) is 14.2. The highest BCUT2D eigenvalue weighted by Gasteiger charge is 2.34. The Hall–Kier alpha value is -1.79. The van der Waals surface area contributed by atoms with Crippen molar-refractivity contribution in [3.05, 3.63) is 48.0 Å². The van der Waals surface area contributed by atoms with Crippen LogP contribution in [0.1, 0.15) is 10.9 Å². The van der Waals surface area contributed by atoms with E-state index in [4.69, 9.17) is 9.47 Å². The molecule has 1 fully saturated rings. The molecule has 2 heterocycles. The molecule has 1 amide bonds. The second-order valence-electron chi connectivity index (χ2n) is 5.24. The average Bonchev–Trinajstić information content (AvgIpc) is 3.20. The molecule has 2 aromatic rings. The molecule has 4 nitrogen and oxygen atoms in total. The third-order valence-corrected chi connectivity index (χ3v) is 5.86. The molecule has 6 heteroatoms. The summed E-state index contributed by atoms with van der Waals surface area (Å²) in [4.78, 5) is 15.5. The van der Waals surface area contributed by atoms with Gasteiger partial charge in [-0.3, -0.25) is 9.69 Å². The standard InChI is InChI=1S/C17H15NO3S2/c1-22-13-5-2-11(3-6-13)17-18(16(19)9-23-17)12-4-7-14-15(8-12)21-10-20-14/h2-8,17H,9-10H2,1H3. The number of benzene rings is 2. The fourth-order valence-electron chi connectivity index (χ4n) is 2.75. The minimum absolute atomic E-state index is 0.00113. The summed E-state index contributed by atoms with van der Waals surface area (Å²) in [5.41, 5.74) is 1.99. The Kier molecular flexibility index (Phi) is 3.87. The Labute approximate surface area is 143 Å². The number of carbonyl (C=O) groups excluding carboxylic acids is 1. The van der Waals surface area contributed by atoms with Crippen LogP contribution in [0.2, 0.25) is 0 Å². The molecule has 0 bridgehead atoms. The van der Waals surface area contributed by atoms with Crippen LogP contribution in [0.15, 0.2) is 47.4 Å². The van der Waals surface area contributed by atoms with Gasteiger partial charge in [-0.15, -0.1) is 23.5 Å². The van der Waals surface area contributed by atoms with E-state index >= 15 is 0 Å². The molecule has 2 aliphatic rings. The smallest absolute Gasteiger partial charge is 0.238 e. The number of amides is 1. The van der Waals surface area contributed by atoms with Crippen LogP contribution in [-0.2, 0) is 4.79 Å². The lowest BCUT2D eigenvalue weighted by Gasteiger charge is -2.24. The van der Waals surface area contributed by atoms with Gasteiger partial charge in [-0.2, -0.15) is 0 Å². The number of anilines is 1. The van der Waals surface area contributed by atoms with Gasteiger partial charge < -0.3 is 9.47 Å². The second-order valence-corrected chi connectivity index (χ2v) is 7.19. The first-order chi connectivity index (χ1) is 11.3. The van der Waals surface area contributed by atoms with Crippen molar-refractivity contribution >= 4 is 35.1 Å². The molecule has 0 radical (unpaired) electrons. The quantitative estimate of drug-likeness (QED) is 0.789. The van der Waals surface area contributed by atoms with Crippen molar-refractivity contribution in [1.29, 1.82) is 0 Å². The van der Waals surface area contributed by atoms with E-state index in [9.17, 15) is 4.79 Å². The van der Waals surface area contributed by atoms with E-state index in [2.05, 4.69) is 30.5 Å². The van der Waals surface area contributed by atoms with E-state index in [0.29, 0.717) is 11.5 Å². The molecule has 118 valence electrons. The van der Waals surface area contributed by atoms with Gasteiger partial charge in [-0.1, -0.05) is 12.1 Å². The first kappa shape index (κ1) is 14.8. The van der Waals surface area contributed by atoms with Crippen molar-refractivity contribution < 1.29 is 14.3 Å². The number of thioether (sulfide) groups is 2. The van der Waals surface area contributed by atoms with Crippen LogP contribution in [0.25, 0.3) is 0 Å². The zero-order valence-electron chi connectivity index (χ0n) is 12.5. The number of hydrogen-bond acceptors (Lipinski definition) is 5. The fraction of sp³-hybridized carbons (Fsp3) is 0.235. The van der Waals surface area contributed by atoms with Gasteiger partial charge in [0.2, 0.25) is 12.7 Å². The van der Waals surface area contributed by atoms with Crippen LogP contribution in [0, 0.1) is 0 Å². The largest absolute Gasteiger partial charge is 0.454 e. The van der Waals surface area contributed by atoms with Crippen LogP contribution >= 0.6 is 23.5 Å². The van der Waals surface area contributed by atoms with Crippen molar-refractivity contribution in [2.24, 2.45) is 0 Å². The molecule has 2 aromatic carbocycles. The predicted octanol–water partition coefficient (Wildman–Crippen LogP) is 3.92. The minimum atomic E-state index is -0.00113. The normalized spacial score (nSPS) is 19.4. The van der Waals surface area contributed by atoms with E-state index in [1.54, 1.807) is 23.5 Å². The Morgan fingerprint density at radius 1 is 1.13 bits per heavy atom. The molecule has 1 saturated heterocycles. The Balaban J connectivity index is 1.68. The van der Waals surface area contributed by atoms with Crippen LogP contribution in [0.5, 0.6) is 11.5 Å². The maximum absolute atomic E-state index is 12.4. The molecule has 0 spiro atoms. The van der Waals surface area contributed by atoms with Crippen LogP contribution in [0.4, 0.5) is 5.69 Å². The summed E-state index contributed by atoms with van der Waals surface area (Å²) < 4.78 is 10.8. The van der Waals surface area contributed by atoms with Gasteiger partial charge in [0.25, 0.3) is 0 Å². The summed E-state index contributed by atoms with van der Waals surface area (Å²) >= 11 is 3.36. The number of nitrogens with zero attached hydrogens (tertiary/aromatic N) is 1. The second kappa shape index (κ2) is 6.02. The Morgan fingerprint density at radius 3 is 2.70 bits per heavy atom. The molecule has 23 heavy (non-hydrogen) atoms. The number of rotatable bonds is 3.